The van der Waals surface area contributed by atoms with Crippen LogP contribution in [0.3, 0.4) is 0 Å². The molecule has 1 saturated heterocycles. The predicted molar refractivity (Wildman–Crippen MR) is 165 cm³/mol. The lowest BCUT2D eigenvalue weighted by Gasteiger charge is -2.39. The number of anilines is 1. The van der Waals surface area contributed by atoms with Crippen LogP contribution in [0.2, 0.25) is 0 Å². The van der Waals surface area contributed by atoms with Crippen molar-refractivity contribution >= 4 is 22.9 Å². The van der Waals surface area contributed by atoms with Crippen molar-refractivity contribution in [2.75, 3.05) is 18.8 Å². The Morgan fingerprint density at radius 1 is 1.09 bits per heavy atom. The summed E-state index contributed by atoms with van der Waals surface area (Å²) in [6.45, 7) is 7.78. The fourth-order valence-corrected chi connectivity index (χ4v) is 5.48. The Hall–Kier alpha value is -4.95. The molecule has 0 aliphatic carbocycles. The molecule has 1 unspecified atom stereocenters. The fraction of sp³-hybridized carbons (Fsp3) is 0.344. The van der Waals surface area contributed by atoms with Gasteiger partial charge in [0.2, 0.25) is 0 Å². The summed E-state index contributed by atoms with van der Waals surface area (Å²) in [5.41, 5.74) is 6.71. The first-order valence-corrected chi connectivity index (χ1v) is 14.4. The number of piperidine rings is 1. The molecule has 3 N–H and O–H groups in total. The summed E-state index contributed by atoms with van der Waals surface area (Å²) in [4.78, 5) is 37.7. The lowest BCUT2D eigenvalue weighted by atomic mass is 9.95. The molecule has 1 aliphatic rings. The second kappa shape index (κ2) is 12.5. The zero-order valence-corrected chi connectivity index (χ0v) is 24.7. The van der Waals surface area contributed by atoms with E-state index in [1.807, 2.05) is 44.2 Å². The van der Waals surface area contributed by atoms with Crippen molar-refractivity contribution in [2.45, 2.75) is 58.2 Å². The number of nitrogen functional groups attached to an aromatic ring is 1. The van der Waals surface area contributed by atoms with Gasteiger partial charge in [0.25, 0.3) is 5.91 Å². The minimum absolute atomic E-state index is 0.0431. The van der Waals surface area contributed by atoms with Gasteiger partial charge in [-0.2, -0.15) is 5.26 Å². The molecule has 3 heterocycles. The van der Waals surface area contributed by atoms with Crippen molar-refractivity contribution in [3.05, 3.63) is 83.1 Å². The Morgan fingerprint density at radius 2 is 1.77 bits per heavy atom. The molecule has 1 amide bonds. The Morgan fingerprint density at radius 3 is 2.44 bits per heavy atom. The Bertz CT molecular complexity index is 1730. The number of carbonyl (C=O) groups excluding carboxylic acids is 1. The average Bonchev–Trinajstić information content (AvgIpc) is 3.29. The zero-order chi connectivity index (χ0) is 30.6. The van der Waals surface area contributed by atoms with Crippen molar-refractivity contribution < 1.29 is 9.53 Å². The van der Waals surface area contributed by atoms with Gasteiger partial charge in [-0.25, -0.2) is 14.8 Å². The first-order valence-electron chi connectivity index (χ1n) is 14.4. The summed E-state index contributed by atoms with van der Waals surface area (Å²) in [5.74, 6) is 0.969. The smallest absolute Gasteiger partial charge is 0.335 e. The number of fused-ring (bicyclic) bond motifs is 1. The van der Waals surface area contributed by atoms with Gasteiger partial charge in [0.05, 0.1) is 5.69 Å². The van der Waals surface area contributed by atoms with Gasteiger partial charge in [-0.15, -0.1) is 0 Å². The number of nitriles is 1. The molecule has 11 heteroatoms. The molecule has 4 aromatic rings. The normalized spacial score (nSPS) is 15.2. The van der Waals surface area contributed by atoms with E-state index in [0.717, 1.165) is 25.9 Å². The van der Waals surface area contributed by atoms with Gasteiger partial charge in [-0.1, -0.05) is 24.6 Å². The summed E-state index contributed by atoms with van der Waals surface area (Å²) in [5, 5.41) is 12.7. The van der Waals surface area contributed by atoms with Crippen molar-refractivity contribution in [1.82, 2.24) is 29.3 Å². The number of hydrogen-bond donors (Lipinski definition) is 2. The molecular formula is C32H36N8O3. The summed E-state index contributed by atoms with van der Waals surface area (Å²) in [6, 6.07) is 18.0. The maximum absolute atomic E-state index is 13.8. The molecule has 1 aliphatic heterocycles. The highest BCUT2D eigenvalue weighted by Crippen LogP contribution is 2.26. The van der Waals surface area contributed by atoms with Crippen LogP contribution in [-0.2, 0) is 11.3 Å². The number of benzene rings is 2. The number of hydrogen-bond acceptors (Lipinski definition) is 8. The van der Waals surface area contributed by atoms with Gasteiger partial charge >= 0.3 is 5.69 Å². The first-order chi connectivity index (χ1) is 20.7. The molecule has 1 fully saturated rings. The highest BCUT2D eigenvalue weighted by molar-refractivity contribution is 5.97. The second-order valence-corrected chi connectivity index (χ2v) is 11.3. The van der Waals surface area contributed by atoms with Gasteiger partial charge in [0, 0.05) is 18.1 Å². The number of aromatic nitrogens is 4. The van der Waals surface area contributed by atoms with E-state index >= 15 is 0 Å². The lowest BCUT2D eigenvalue weighted by Crippen LogP contribution is -2.46. The Balaban J connectivity index is 1.38. The summed E-state index contributed by atoms with van der Waals surface area (Å²) in [6.07, 6.45) is 6.43. The number of carbonyl (C=O) groups is 1. The highest BCUT2D eigenvalue weighted by Gasteiger charge is 2.28. The van der Waals surface area contributed by atoms with Crippen molar-refractivity contribution in [3.63, 3.8) is 0 Å². The first kappa shape index (κ1) is 29.5. The van der Waals surface area contributed by atoms with Gasteiger partial charge in [0.1, 0.15) is 35.0 Å². The molecule has 0 spiro atoms. The van der Waals surface area contributed by atoms with Crippen LogP contribution in [0.25, 0.3) is 16.9 Å². The second-order valence-electron chi connectivity index (χ2n) is 11.3. The molecule has 5 rings (SSSR count). The SMILES string of the molecule is CC(Cn1c(=O)n(-c2ccc(Oc3ccccc3)cc2)c2c(N)ncnc21)NC(=O)C(C#N)=CC(C)(C)N1CCCCC1. The van der Waals surface area contributed by atoms with E-state index in [9.17, 15) is 14.9 Å². The summed E-state index contributed by atoms with van der Waals surface area (Å²) in [7, 11) is 0. The summed E-state index contributed by atoms with van der Waals surface area (Å²) < 4.78 is 8.80. The van der Waals surface area contributed by atoms with Crippen LogP contribution < -0.4 is 21.5 Å². The van der Waals surface area contributed by atoms with Crippen LogP contribution in [0.4, 0.5) is 5.82 Å². The molecule has 0 radical (unpaired) electrons. The molecule has 0 bridgehead atoms. The molecule has 43 heavy (non-hydrogen) atoms. The maximum atomic E-state index is 13.8. The van der Waals surface area contributed by atoms with E-state index in [1.54, 1.807) is 37.3 Å². The van der Waals surface area contributed by atoms with E-state index < -0.39 is 17.5 Å². The number of likely N-dealkylation sites (tertiary alicyclic amines) is 1. The molecule has 11 nitrogen and oxygen atoms in total. The number of imidazole rings is 1. The molecule has 0 saturated carbocycles. The molecule has 2 aromatic carbocycles. The number of para-hydroxylation sites is 1. The maximum Gasteiger partial charge on any atom is 0.335 e. The number of rotatable bonds is 9. The molecule has 2 aromatic heterocycles. The van der Waals surface area contributed by atoms with Crippen LogP contribution in [0.1, 0.15) is 40.0 Å². The minimum Gasteiger partial charge on any atom is -0.457 e. The molecule has 1 atom stereocenters. The number of amides is 1. The van der Waals surface area contributed by atoms with Crippen molar-refractivity contribution in [3.8, 4) is 23.3 Å². The minimum atomic E-state index is -0.503. The number of ether oxygens (including phenoxy) is 1. The lowest BCUT2D eigenvalue weighted by molar-refractivity contribution is -0.117. The third-order valence-corrected chi connectivity index (χ3v) is 7.67. The Labute approximate surface area is 250 Å². The van der Waals surface area contributed by atoms with Gasteiger partial charge in [-0.05, 0) is 89.2 Å². The Kier molecular flexibility index (Phi) is 8.59. The van der Waals surface area contributed by atoms with Gasteiger partial charge in [-0.3, -0.25) is 18.8 Å². The molecule has 222 valence electrons. The highest BCUT2D eigenvalue weighted by atomic mass is 16.5. The van der Waals surface area contributed by atoms with E-state index in [0.29, 0.717) is 28.4 Å². The van der Waals surface area contributed by atoms with Gasteiger partial charge in [0.15, 0.2) is 11.5 Å². The van der Waals surface area contributed by atoms with Crippen molar-refractivity contribution in [1.29, 1.82) is 5.26 Å². The third-order valence-electron chi connectivity index (χ3n) is 7.67. The quantitative estimate of drug-likeness (QED) is 0.222. The number of nitrogens with two attached hydrogens (primary N) is 1. The predicted octanol–water partition coefficient (Wildman–Crippen LogP) is 4.18. The number of nitrogens with one attached hydrogen (secondary N) is 1. The average molecular weight is 581 g/mol. The van der Waals surface area contributed by atoms with Crippen LogP contribution in [-0.4, -0.2) is 54.6 Å². The van der Waals surface area contributed by atoms with Crippen molar-refractivity contribution in [2.24, 2.45) is 0 Å². The van der Waals surface area contributed by atoms with Crippen LogP contribution in [0.5, 0.6) is 11.5 Å². The van der Waals surface area contributed by atoms with Crippen LogP contribution in [0.15, 0.2) is 77.4 Å². The van der Waals surface area contributed by atoms with E-state index in [4.69, 9.17) is 10.5 Å². The fourth-order valence-electron chi connectivity index (χ4n) is 5.48. The van der Waals surface area contributed by atoms with E-state index in [2.05, 4.69) is 26.3 Å². The van der Waals surface area contributed by atoms with Crippen LogP contribution in [0, 0.1) is 11.3 Å². The van der Waals surface area contributed by atoms with E-state index in [-0.39, 0.29) is 23.6 Å². The third kappa shape index (κ3) is 6.44. The summed E-state index contributed by atoms with van der Waals surface area (Å²) >= 11 is 0. The number of nitrogens with zero attached hydrogens (tertiary/aromatic N) is 6. The molecular weight excluding hydrogens is 544 g/mol. The monoisotopic (exact) mass is 580 g/mol. The van der Waals surface area contributed by atoms with Crippen LogP contribution >= 0.6 is 0 Å². The van der Waals surface area contributed by atoms with Gasteiger partial charge < -0.3 is 15.8 Å². The standard InChI is InChI=1S/C32H36N8O3/c1-22(37-30(41)23(19-33)18-32(2,3)38-16-8-5-9-17-38)20-39-29-27(28(34)35-21-36-29)40(31(39)42)24-12-14-26(15-13-24)43-25-10-6-4-7-11-25/h4,6-7,10-15,18,21-22H,5,8-9,16-17,20H2,1-3H3,(H,37,41)(H2,34,35,36). The zero-order valence-electron chi connectivity index (χ0n) is 24.7. The topological polar surface area (TPSA) is 144 Å². The van der Waals surface area contributed by atoms with E-state index in [1.165, 1.54) is 21.9 Å². The largest absolute Gasteiger partial charge is 0.457 e.